The standard InChI is InChI=1S/C17H25NO4/c1-11(2)9-14(17(21)22)18-16(20)15(19)12(3)10-13-7-5-4-6-8-13/h4-8,11-12,14-15,19H,9-10H2,1-3H3,(H,18,20)(H,21,22)/t12-,14+,15-/m1/s1. The van der Waals surface area contributed by atoms with Gasteiger partial charge in [0, 0.05) is 0 Å². The van der Waals surface area contributed by atoms with Crippen LogP contribution in [-0.4, -0.2) is 34.2 Å². The normalized spacial score (nSPS) is 15.1. The molecular weight excluding hydrogens is 282 g/mol. The van der Waals surface area contributed by atoms with Crippen molar-refractivity contribution in [2.45, 2.75) is 45.8 Å². The Morgan fingerprint density at radius 1 is 1.14 bits per heavy atom. The third kappa shape index (κ3) is 5.85. The lowest BCUT2D eigenvalue weighted by atomic mass is 9.95. The molecule has 0 bridgehead atoms. The van der Waals surface area contributed by atoms with Gasteiger partial charge in [-0.25, -0.2) is 4.79 Å². The third-order valence-electron chi connectivity index (χ3n) is 3.53. The van der Waals surface area contributed by atoms with Crippen molar-refractivity contribution in [3.8, 4) is 0 Å². The van der Waals surface area contributed by atoms with Crippen molar-refractivity contribution in [1.82, 2.24) is 5.32 Å². The van der Waals surface area contributed by atoms with E-state index in [1.54, 1.807) is 6.92 Å². The topological polar surface area (TPSA) is 86.6 Å². The second-order valence-corrected chi connectivity index (χ2v) is 6.14. The highest BCUT2D eigenvalue weighted by atomic mass is 16.4. The third-order valence-corrected chi connectivity index (χ3v) is 3.53. The quantitative estimate of drug-likeness (QED) is 0.684. The molecule has 0 unspecified atom stereocenters. The molecule has 5 nitrogen and oxygen atoms in total. The second-order valence-electron chi connectivity index (χ2n) is 6.14. The number of amides is 1. The number of carboxylic acids is 1. The number of hydrogen-bond acceptors (Lipinski definition) is 3. The van der Waals surface area contributed by atoms with Crippen LogP contribution in [0.25, 0.3) is 0 Å². The maximum atomic E-state index is 12.0. The average molecular weight is 307 g/mol. The molecular formula is C17H25NO4. The number of carbonyl (C=O) groups is 2. The number of aliphatic hydroxyl groups excluding tert-OH is 1. The van der Waals surface area contributed by atoms with Gasteiger partial charge in [0.05, 0.1) is 0 Å². The Kier molecular flexibility index (Phi) is 7.05. The van der Waals surface area contributed by atoms with Crippen molar-refractivity contribution in [3.05, 3.63) is 35.9 Å². The molecule has 0 fully saturated rings. The SMILES string of the molecule is CC(C)C[C@H](NC(=O)[C@H](O)[C@H](C)Cc1ccccc1)C(=O)O. The number of carboxylic acid groups (broad SMARTS) is 1. The summed E-state index contributed by atoms with van der Waals surface area (Å²) in [6, 6.07) is 8.60. The van der Waals surface area contributed by atoms with Crippen LogP contribution in [-0.2, 0) is 16.0 Å². The molecule has 0 spiro atoms. The first-order chi connectivity index (χ1) is 10.3. The van der Waals surface area contributed by atoms with Gasteiger partial charge in [-0.15, -0.1) is 0 Å². The number of benzene rings is 1. The van der Waals surface area contributed by atoms with Gasteiger partial charge in [0.25, 0.3) is 0 Å². The second kappa shape index (κ2) is 8.54. The molecule has 3 atom stereocenters. The summed E-state index contributed by atoms with van der Waals surface area (Å²) in [5, 5.41) is 21.7. The molecule has 3 N–H and O–H groups in total. The Hall–Kier alpha value is -1.88. The molecule has 5 heteroatoms. The monoisotopic (exact) mass is 307 g/mol. The van der Waals surface area contributed by atoms with E-state index in [0.29, 0.717) is 12.8 Å². The Morgan fingerprint density at radius 2 is 1.73 bits per heavy atom. The van der Waals surface area contributed by atoms with E-state index in [-0.39, 0.29) is 11.8 Å². The van der Waals surface area contributed by atoms with Gasteiger partial charge in [-0.05, 0) is 30.2 Å². The molecule has 22 heavy (non-hydrogen) atoms. The van der Waals surface area contributed by atoms with Crippen LogP contribution in [0.5, 0.6) is 0 Å². The number of aliphatic hydroxyl groups is 1. The zero-order chi connectivity index (χ0) is 16.7. The summed E-state index contributed by atoms with van der Waals surface area (Å²) < 4.78 is 0. The highest BCUT2D eigenvalue weighted by molar-refractivity contribution is 5.86. The molecule has 0 aliphatic rings. The lowest BCUT2D eigenvalue weighted by Crippen LogP contribution is -2.48. The maximum absolute atomic E-state index is 12.0. The summed E-state index contributed by atoms with van der Waals surface area (Å²) in [7, 11) is 0. The fourth-order valence-corrected chi connectivity index (χ4v) is 2.31. The minimum absolute atomic E-state index is 0.139. The fourth-order valence-electron chi connectivity index (χ4n) is 2.31. The van der Waals surface area contributed by atoms with Gasteiger partial charge in [0.2, 0.25) is 5.91 Å². The summed E-state index contributed by atoms with van der Waals surface area (Å²) >= 11 is 0. The van der Waals surface area contributed by atoms with E-state index in [1.165, 1.54) is 0 Å². The number of aliphatic carboxylic acids is 1. The van der Waals surface area contributed by atoms with E-state index >= 15 is 0 Å². The van der Waals surface area contributed by atoms with E-state index < -0.39 is 24.0 Å². The molecule has 1 aromatic carbocycles. The van der Waals surface area contributed by atoms with Crippen LogP contribution in [0.1, 0.15) is 32.8 Å². The van der Waals surface area contributed by atoms with E-state index in [0.717, 1.165) is 5.56 Å². The Labute approximate surface area is 131 Å². The predicted octanol–water partition coefficient (Wildman–Crippen LogP) is 1.84. The maximum Gasteiger partial charge on any atom is 0.326 e. The van der Waals surface area contributed by atoms with Crippen molar-refractivity contribution < 1.29 is 19.8 Å². The van der Waals surface area contributed by atoms with Gasteiger partial charge in [-0.1, -0.05) is 51.1 Å². The van der Waals surface area contributed by atoms with Crippen LogP contribution in [0, 0.1) is 11.8 Å². The van der Waals surface area contributed by atoms with Gasteiger partial charge in [0.15, 0.2) is 0 Å². The summed E-state index contributed by atoms with van der Waals surface area (Å²) in [5.74, 6) is -1.86. The molecule has 122 valence electrons. The highest BCUT2D eigenvalue weighted by Crippen LogP contribution is 2.13. The first-order valence-corrected chi connectivity index (χ1v) is 7.56. The largest absolute Gasteiger partial charge is 0.480 e. The van der Waals surface area contributed by atoms with Crippen molar-refractivity contribution in [3.63, 3.8) is 0 Å². The van der Waals surface area contributed by atoms with Crippen LogP contribution in [0.15, 0.2) is 30.3 Å². The fraction of sp³-hybridized carbons (Fsp3) is 0.529. The number of nitrogens with one attached hydrogen (secondary N) is 1. The van der Waals surface area contributed by atoms with Gasteiger partial charge in [-0.3, -0.25) is 4.79 Å². The lowest BCUT2D eigenvalue weighted by molar-refractivity contribution is -0.144. The average Bonchev–Trinajstić information content (AvgIpc) is 2.46. The highest BCUT2D eigenvalue weighted by Gasteiger charge is 2.27. The minimum Gasteiger partial charge on any atom is -0.480 e. The minimum atomic E-state index is -1.23. The van der Waals surface area contributed by atoms with Crippen LogP contribution in [0.2, 0.25) is 0 Å². The first kappa shape index (κ1) is 18.2. The smallest absolute Gasteiger partial charge is 0.326 e. The van der Waals surface area contributed by atoms with Crippen molar-refractivity contribution in [2.24, 2.45) is 11.8 Å². The Morgan fingerprint density at radius 3 is 2.23 bits per heavy atom. The van der Waals surface area contributed by atoms with Crippen molar-refractivity contribution in [1.29, 1.82) is 0 Å². The number of rotatable bonds is 8. The summed E-state index contributed by atoms with van der Waals surface area (Å²) in [5.41, 5.74) is 1.03. The zero-order valence-corrected chi connectivity index (χ0v) is 13.3. The van der Waals surface area contributed by atoms with Crippen molar-refractivity contribution in [2.75, 3.05) is 0 Å². The molecule has 0 saturated heterocycles. The molecule has 1 aromatic rings. The van der Waals surface area contributed by atoms with Gasteiger partial charge in [-0.2, -0.15) is 0 Å². The first-order valence-electron chi connectivity index (χ1n) is 7.56. The summed E-state index contributed by atoms with van der Waals surface area (Å²) in [4.78, 5) is 23.2. The molecule has 0 aliphatic heterocycles. The summed E-state index contributed by atoms with van der Waals surface area (Å²) in [6.45, 7) is 5.54. The molecule has 1 amide bonds. The molecule has 0 radical (unpaired) electrons. The van der Waals surface area contributed by atoms with Gasteiger partial charge >= 0.3 is 5.97 Å². The van der Waals surface area contributed by atoms with Crippen molar-refractivity contribution >= 4 is 11.9 Å². The zero-order valence-electron chi connectivity index (χ0n) is 13.3. The van der Waals surface area contributed by atoms with Gasteiger partial charge in [0.1, 0.15) is 12.1 Å². The van der Waals surface area contributed by atoms with Crippen LogP contribution in [0.3, 0.4) is 0 Å². The van der Waals surface area contributed by atoms with E-state index in [9.17, 15) is 14.7 Å². The molecule has 1 rings (SSSR count). The Bertz CT molecular complexity index is 487. The molecule has 0 aliphatic carbocycles. The van der Waals surface area contributed by atoms with Gasteiger partial charge < -0.3 is 15.5 Å². The lowest BCUT2D eigenvalue weighted by Gasteiger charge is -2.22. The van der Waals surface area contributed by atoms with E-state index in [2.05, 4.69) is 5.32 Å². The number of carbonyl (C=O) groups excluding carboxylic acids is 1. The summed E-state index contributed by atoms with van der Waals surface area (Å²) in [6.07, 6.45) is -0.340. The van der Waals surface area contributed by atoms with E-state index in [4.69, 9.17) is 5.11 Å². The van der Waals surface area contributed by atoms with Crippen LogP contribution >= 0.6 is 0 Å². The number of hydrogen-bond donors (Lipinski definition) is 3. The molecule has 0 aromatic heterocycles. The van der Waals surface area contributed by atoms with Crippen LogP contribution in [0.4, 0.5) is 0 Å². The predicted molar refractivity (Wildman–Crippen MR) is 84.3 cm³/mol. The van der Waals surface area contributed by atoms with Crippen LogP contribution < -0.4 is 5.32 Å². The van der Waals surface area contributed by atoms with E-state index in [1.807, 2.05) is 44.2 Å². The molecule has 0 saturated carbocycles. The molecule has 0 heterocycles. The Balaban J connectivity index is 2.61.